The van der Waals surface area contributed by atoms with Crippen molar-refractivity contribution in [1.29, 1.82) is 0 Å². The van der Waals surface area contributed by atoms with Crippen LogP contribution in [0, 0.1) is 5.92 Å². The second-order valence-corrected chi connectivity index (χ2v) is 4.55. The zero-order valence-electron chi connectivity index (χ0n) is 10.2. The van der Waals surface area contributed by atoms with Crippen molar-refractivity contribution >= 4 is 5.91 Å². The molecule has 0 saturated heterocycles. The predicted molar refractivity (Wildman–Crippen MR) is 62.5 cm³/mol. The first-order valence-electron chi connectivity index (χ1n) is 5.45. The summed E-state index contributed by atoms with van der Waals surface area (Å²) < 4.78 is 1.76. The molecule has 0 unspecified atom stereocenters. The molecular weight excluding hydrogens is 204 g/mol. The maximum Gasteiger partial charge on any atom is 0.231 e. The highest BCUT2D eigenvalue weighted by molar-refractivity contribution is 5.75. The molecule has 2 N–H and O–H groups in total. The van der Waals surface area contributed by atoms with E-state index >= 15 is 0 Å². The monoisotopic (exact) mass is 224 g/mol. The van der Waals surface area contributed by atoms with E-state index in [0.29, 0.717) is 12.5 Å². The summed E-state index contributed by atoms with van der Waals surface area (Å²) in [6.45, 7) is 6.12. The Labute approximate surface area is 96.2 Å². The average Bonchev–Trinajstić information content (AvgIpc) is 2.48. The van der Waals surface area contributed by atoms with Gasteiger partial charge < -0.3 is 5.73 Å². The molecule has 90 valence electrons. The van der Waals surface area contributed by atoms with Crippen LogP contribution in [0.4, 0.5) is 0 Å². The Morgan fingerprint density at radius 3 is 2.75 bits per heavy atom. The molecule has 0 aromatic carbocycles. The second kappa shape index (κ2) is 5.65. The lowest BCUT2D eigenvalue weighted by molar-refractivity contribution is -0.119. The van der Waals surface area contributed by atoms with Crippen molar-refractivity contribution in [1.82, 2.24) is 14.7 Å². The molecule has 0 atom stereocenters. The number of nitrogens with zero attached hydrogens (tertiary/aromatic N) is 3. The molecule has 0 radical (unpaired) electrons. The Balaban J connectivity index is 2.58. The molecule has 0 saturated carbocycles. The van der Waals surface area contributed by atoms with Crippen molar-refractivity contribution in [3.8, 4) is 0 Å². The summed E-state index contributed by atoms with van der Waals surface area (Å²) in [6, 6.07) is 0. The molecule has 0 spiro atoms. The number of primary amides is 1. The molecule has 0 aliphatic carbocycles. The van der Waals surface area contributed by atoms with Crippen molar-refractivity contribution < 1.29 is 4.79 Å². The number of carbonyl (C=O) groups excluding carboxylic acids is 1. The lowest BCUT2D eigenvalue weighted by Crippen LogP contribution is -2.35. The number of amides is 1. The van der Waals surface area contributed by atoms with Gasteiger partial charge in [0.05, 0.1) is 12.7 Å². The third-order valence-electron chi connectivity index (χ3n) is 2.17. The third kappa shape index (κ3) is 4.44. The van der Waals surface area contributed by atoms with E-state index in [1.807, 2.05) is 24.3 Å². The van der Waals surface area contributed by atoms with E-state index in [-0.39, 0.29) is 5.91 Å². The van der Waals surface area contributed by atoms with Gasteiger partial charge in [0.2, 0.25) is 5.91 Å². The zero-order valence-corrected chi connectivity index (χ0v) is 10.2. The number of nitrogens with two attached hydrogens (primary N) is 1. The van der Waals surface area contributed by atoms with Crippen LogP contribution in [0.3, 0.4) is 0 Å². The van der Waals surface area contributed by atoms with Gasteiger partial charge in [0.15, 0.2) is 0 Å². The van der Waals surface area contributed by atoms with E-state index in [1.165, 1.54) is 0 Å². The first-order chi connectivity index (χ1) is 7.47. The van der Waals surface area contributed by atoms with Gasteiger partial charge in [-0.1, -0.05) is 13.8 Å². The highest BCUT2D eigenvalue weighted by atomic mass is 16.1. The van der Waals surface area contributed by atoms with Crippen LogP contribution in [0.1, 0.15) is 19.4 Å². The summed E-state index contributed by atoms with van der Waals surface area (Å²) in [5.41, 5.74) is 6.33. The Bertz CT molecular complexity index is 346. The molecule has 1 aromatic rings. The molecule has 16 heavy (non-hydrogen) atoms. The van der Waals surface area contributed by atoms with Gasteiger partial charge in [-0.05, 0) is 5.92 Å². The van der Waals surface area contributed by atoms with Crippen molar-refractivity contribution in [2.75, 3.05) is 13.1 Å². The minimum absolute atomic E-state index is 0.287. The molecule has 0 bridgehead atoms. The van der Waals surface area contributed by atoms with Crippen LogP contribution in [-0.2, 0) is 18.4 Å². The molecular formula is C11H20N4O. The van der Waals surface area contributed by atoms with Gasteiger partial charge in [-0.3, -0.25) is 14.4 Å². The summed E-state index contributed by atoms with van der Waals surface area (Å²) in [6.07, 6.45) is 3.77. The number of rotatable bonds is 6. The van der Waals surface area contributed by atoms with Gasteiger partial charge >= 0.3 is 0 Å². The molecule has 0 fully saturated rings. The molecule has 0 aliphatic heterocycles. The molecule has 1 amide bonds. The van der Waals surface area contributed by atoms with E-state index in [9.17, 15) is 4.79 Å². The summed E-state index contributed by atoms with van der Waals surface area (Å²) in [5.74, 6) is 0.223. The van der Waals surface area contributed by atoms with Crippen molar-refractivity contribution in [3.63, 3.8) is 0 Å². The predicted octanol–water partition coefficient (Wildman–Crippen LogP) is 0.363. The quantitative estimate of drug-likeness (QED) is 0.759. The van der Waals surface area contributed by atoms with Crippen LogP contribution in [0.15, 0.2) is 12.4 Å². The average molecular weight is 224 g/mol. The zero-order chi connectivity index (χ0) is 12.1. The minimum atomic E-state index is -0.287. The van der Waals surface area contributed by atoms with Crippen LogP contribution in [0.5, 0.6) is 0 Å². The normalized spacial score (nSPS) is 11.3. The molecule has 1 aromatic heterocycles. The van der Waals surface area contributed by atoms with Crippen molar-refractivity contribution in [3.05, 3.63) is 18.0 Å². The molecule has 5 heteroatoms. The number of aromatic nitrogens is 2. The highest BCUT2D eigenvalue weighted by Crippen LogP contribution is 2.05. The van der Waals surface area contributed by atoms with E-state index < -0.39 is 0 Å². The van der Waals surface area contributed by atoms with Crippen molar-refractivity contribution in [2.45, 2.75) is 20.4 Å². The standard InChI is InChI=1S/C11H20N4O/c1-9(2)5-15(8-11(12)16)7-10-4-13-14(3)6-10/h4,6,9H,5,7-8H2,1-3H3,(H2,12,16). The lowest BCUT2D eigenvalue weighted by Gasteiger charge is -2.21. The minimum Gasteiger partial charge on any atom is -0.369 e. The van der Waals surface area contributed by atoms with Crippen LogP contribution in [0.25, 0.3) is 0 Å². The summed E-state index contributed by atoms with van der Waals surface area (Å²) in [5, 5.41) is 4.10. The van der Waals surface area contributed by atoms with Crippen LogP contribution >= 0.6 is 0 Å². The van der Waals surface area contributed by atoms with Gasteiger partial charge in [-0.15, -0.1) is 0 Å². The summed E-state index contributed by atoms with van der Waals surface area (Å²) in [4.78, 5) is 13.0. The highest BCUT2D eigenvalue weighted by Gasteiger charge is 2.11. The van der Waals surface area contributed by atoms with Gasteiger partial charge in [0.25, 0.3) is 0 Å². The molecule has 5 nitrogen and oxygen atoms in total. The largest absolute Gasteiger partial charge is 0.369 e. The van der Waals surface area contributed by atoms with Gasteiger partial charge in [0.1, 0.15) is 0 Å². The first kappa shape index (κ1) is 12.7. The fourth-order valence-electron chi connectivity index (χ4n) is 1.73. The SMILES string of the molecule is CC(C)CN(CC(N)=O)Cc1cnn(C)c1. The molecule has 0 aliphatic rings. The number of carbonyl (C=O) groups is 1. The van der Waals surface area contributed by atoms with Crippen LogP contribution in [-0.4, -0.2) is 33.7 Å². The van der Waals surface area contributed by atoms with E-state index in [0.717, 1.165) is 18.7 Å². The van der Waals surface area contributed by atoms with Gasteiger partial charge in [-0.2, -0.15) is 5.10 Å². The number of hydrogen-bond donors (Lipinski definition) is 1. The Morgan fingerprint density at radius 2 is 2.31 bits per heavy atom. The van der Waals surface area contributed by atoms with Crippen LogP contribution < -0.4 is 5.73 Å². The number of aryl methyl sites for hydroxylation is 1. The van der Waals surface area contributed by atoms with E-state index in [4.69, 9.17) is 5.73 Å². The Hall–Kier alpha value is -1.36. The fourth-order valence-corrected chi connectivity index (χ4v) is 1.73. The van der Waals surface area contributed by atoms with Crippen LogP contribution in [0.2, 0.25) is 0 Å². The Morgan fingerprint density at radius 1 is 1.62 bits per heavy atom. The van der Waals surface area contributed by atoms with Gasteiger partial charge in [0, 0.05) is 31.9 Å². The summed E-state index contributed by atoms with van der Waals surface area (Å²) in [7, 11) is 1.88. The topological polar surface area (TPSA) is 64.2 Å². The van der Waals surface area contributed by atoms with Crippen molar-refractivity contribution in [2.24, 2.45) is 18.7 Å². The fraction of sp³-hybridized carbons (Fsp3) is 0.636. The maximum atomic E-state index is 10.9. The Kier molecular flexibility index (Phi) is 4.49. The maximum absolute atomic E-state index is 10.9. The van der Waals surface area contributed by atoms with E-state index in [1.54, 1.807) is 4.68 Å². The van der Waals surface area contributed by atoms with Gasteiger partial charge in [-0.25, -0.2) is 0 Å². The molecule has 1 heterocycles. The lowest BCUT2D eigenvalue weighted by atomic mass is 10.2. The van der Waals surface area contributed by atoms with E-state index in [2.05, 4.69) is 18.9 Å². The number of hydrogen-bond acceptors (Lipinski definition) is 3. The molecule has 1 rings (SSSR count). The first-order valence-corrected chi connectivity index (χ1v) is 5.45. The second-order valence-electron chi connectivity index (χ2n) is 4.55. The third-order valence-corrected chi connectivity index (χ3v) is 2.17. The summed E-state index contributed by atoms with van der Waals surface area (Å²) >= 11 is 0. The smallest absolute Gasteiger partial charge is 0.231 e.